The van der Waals surface area contributed by atoms with E-state index < -0.39 is 12.2 Å². The van der Waals surface area contributed by atoms with Gasteiger partial charge in [0.1, 0.15) is 6.10 Å². The lowest BCUT2D eigenvalue weighted by molar-refractivity contribution is -0.0415. The Kier molecular flexibility index (Phi) is 4.78. The number of thiophene rings is 1. The lowest BCUT2D eigenvalue weighted by Crippen LogP contribution is -2.18. The summed E-state index contributed by atoms with van der Waals surface area (Å²) in [5, 5.41) is 21.4. The molecule has 1 aliphatic heterocycles. The van der Waals surface area contributed by atoms with Crippen molar-refractivity contribution in [2.75, 3.05) is 19.1 Å². The number of aliphatic hydroxyl groups is 2. The maximum atomic E-state index is 9.89. The van der Waals surface area contributed by atoms with E-state index in [0.29, 0.717) is 31.1 Å². The molecule has 0 spiro atoms. The van der Waals surface area contributed by atoms with E-state index in [-0.39, 0.29) is 6.29 Å². The molecule has 6 heteroatoms. The van der Waals surface area contributed by atoms with Crippen LogP contribution in [0.3, 0.4) is 0 Å². The summed E-state index contributed by atoms with van der Waals surface area (Å²) < 4.78 is 10.7. The van der Waals surface area contributed by atoms with E-state index in [1.807, 2.05) is 11.4 Å². The topological polar surface area (TPSA) is 58.9 Å². The monoisotopic (exact) mass is 278 g/mol. The Balaban J connectivity index is 2.01. The molecule has 4 nitrogen and oxygen atoms in total. The summed E-state index contributed by atoms with van der Waals surface area (Å²) in [6.07, 6.45) is -1.70. The molecule has 0 aromatic carbocycles. The molecule has 2 rings (SSSR count). The fourth-order valence-corrected chi connectivity index (χ4v) is 2.82. The number of hydrogen-bond acceptors (Lipinski definition) is 5. The third-order valence-electron chi connectivity index (χ3n) is 2.60. The summed E-state index contributed by atoms with van der Waals surface area (Å²) in [4.78, 5) is 0.912. The van der Waals surface area contributed by atoms with Gasteiger partial charge < -0.3 is 19.7 Å². The quantitative estimate of drug-likeness (QED) is 0.807. The Morgan fingerprint density at radius 3 is 2.76 bits per heavy atom. The van der Waals surface area contributed by atoms with Crippen molar-refractivity contribution in [2.24, 2.45) is 0 Å². The van der Waals surface area contributed by atoms with Gasteiger partial charge in [0.25, 0.3) is 0 Å². The zero-order valence-electron chi connectivity index (χ0n) is 9.21. The van der Waals surface area contributed by atoms with Gasteiger partial charge in [0.2, 0.25) is 0 Å². The summed E-state index contributed by atoms with van der Waals surface area (Å²) in [5.74, 6) is 0.323. The van der Waals surface area contributed by atoms with E-state index >= 15 is 0 Å². The van der Waals surface area contributed by atoms with Gasteiger partial charge in [-0.2, -0.15) is 0 Å². The van der Waals surface area contributed by atoms with Crippen molar-refractivity contribution in [1.82, 2.24) is 0 Å². The third-order valence-corrected chi connectivity index (χ3v) is 3.80. The van der Waals surface area contributed by atoms with Crippen LogP contribution in [0.25, 0.3) is 0 Å². The van der Waals surface area contributed by atoms with Crippen LogP contribution >= 0.6 is 22.9 Å². The molecule has 17 heavy (non-hydrogen) atoms. The van der Waals surface area contributed by atoms with E-state index in [1.54, 1.807) is 0 Å². The van der Waals surface area contributed by atoms with E-state index in [0.717, 1.165) is 4.88 Å². The van der Waals surface area contributed by atoms with Crippen LogP contribution < -0.4 is 0 Å². The second-order valence-corrected chi connectivity index (χ2v) is 5.17. The zero-order valence-corrected chi connectivity index (χ0v) is 10.8. The second-order valence-electron chi connectivity index (χ2n) is 3.85. The molecule has 0 aliphatic carbocycles. The summed E-state index contributed by atoms with van der Waals surface area (Å²) >= 11 is 6.98. The van der Waals surface area contributed by atoms with Crippen molar-refractivity contribution in [3.8, 4) is 0 Å². The van der Waals surface area contributed by atoms with E-state index in [1.165, 1.54) is 11.3 Å². The van der Waals surface area contributed by atoms with E-state index in [4.69, 9.17) is 21.1 Å². The van der Waals surface area contributed by atoms with Crippen molar-refractivity contribution in [1.29, 1.82) is 0 Å². The molecule has 2 atom stereocenters. The lowest BCUT2D eigenvalue weighted by atomic mass is 10.1. The highest BCUT2D eigenvalue weighted by Crippen LogP contribution is 2.32. The molecule has 1 saturated heterocycles. The van der Waals surface area contributed by atoms with E-state index in [9.17, 15) is 10.2 Å². The number of halogens is 1. The van der Waals surface area contributed by atoms with Gasteiger partial charge in [-0.1, -0.05) is 0 Å². The third kappa shape index (κ3) is 3.19. The van der Waals surface area contributed by atoms with E-state index in [2.05, 4.69) is 0 Å². The Morgan fingerprint density at radius 2 is 2.12 bits per heavy atom. The Labute approximate surface area is 109 Å². The minimum absolute atomic E-state index is 0.323. The fraction of sp³-hybridized carbons (Fsp3) is 0.636. The average molecular weight is 279 g/mol. The Hall–Kier alpha value is -0.170. The molecule has 0 saturated carbocycles. The van der Waals surface area contributed by atoms with Gasteiger partial charge in [-0.05, 0) is 23.4 Å². The summed E-state index contributed by atoms with van der Waals surface area (Å²) in [5.41, 5.74) is 0.682. The van der Waals surface area contributed by atoms with Crippen LogP contribution in [-0.4, -0.2) is 35.4 Å². The summed E-state index contributed by atoms with van der Waals surface area (Å²) in [6, 6.07) is 1.81. The molecular weight excluding hydrogens is 264 g/mol. The highest BCUT2D eigenvalue weighted by Gasteiger charge is 2.24. The first-order chi connectivity index (χ1) is 8.22. The number of ether oxygens (including phenoxy) is 2. The molecule has 1 aromatic heterocycles. The van der Waals surface area contributed by atoms with Gasteiger partial charge in [0.15, 0.2) is 6.29 Å². The van der Waals surface area contributed by atoms with Crippen LogP contribution in [0.5, 0.6) is 0 Å². The molecule has 2 N–H and O–H groups in total. The molecule has 96 valence electrons. The second kappa shape index (κ2) is 6.13. The molecule has 0 radical (unpaired) electrons. The molecule has 1 fully saturated rings. The summed E-state index contributed by atoms with van der Waals surface area (Å²) in [7, 11) is 0. The van der Waals surface area contributed by atoms with Crippen LogP contribution in [0.15, 0.2) is 11.4 Å². The normalized spacial score (nSPS) is 20.6. The number of hydrogen-bond donors (Lipinski definition) is 2. The van der Waals surface area contributed by atoms with Crippen LogP contribution in [0, 0.1) is 0 Å². The molecule has 0 bridgehead atoms. The number of aliphatic hydroxyl groups excluding tert-OH is 2. The SMILES string of the molecule is OC(CCCl)C(O)c1csc(C2OCCO2)c1. The smallest absolute Gasteiger partial charge is 0.193 e. The maximum Gasteiger partial charge on any atom is 0.193 e. The largest absolute Gasteiger partial charge is 0.390 e. The van der Waals surface area contributed by atoms with Gasteiger partial charge >= 0.3 is 0 Å². The number of rotatable bonds is 5. The fourth-order valence-electron chi connectivity index (χ4n) is 1.66. The first-order valence-electron chi connectivity index (χ1n) is 5.46. The molecule has 1 aliphatic rings. The van der Waals surface area contributed by atoms with Gasteiger partial charge in [0.05, 0.1) is 24.2 Å². The van der Waals surface area contributed by atoms with Crippen LogP contribution in [0.4, 0.5) is 0 Å². The molecule has 2 unspecified atom stereocenters. The predicted octanol–water partition coefficient (Wildman–Crippen LogP) is 1.82. The predicted molar refractivity (Wildman–Crippen MR) is 65.3 cm³/mol. The average Bonchev–Trinajstić information content (AvgIpc) is 2.98. The number of alkyl halides is 1. The lowest BCUT2D eigenvalue weighted by Gasteiger charge is -2.15. The Morgan fingerprint density at radius 1 is 1.41 bits per heavy atom. The van der Waals surface area contributed by atoms with Gasteiger partial charge in [-0.3, -0.25) is 0 Å². The van der Waals surface area contributed by atoms with Crippen LogP contribution in [0.1, 0.15) is 29.3 Å². The van der Waals surface area contributed by atoms with Crippen molar-refractivity contribution in [2.45, 2.75) is 24.9 Å². The van der Waals surface area contributed by atoms with Crippen molar-refractivity contribution >= 4 is 22.9 Å². The standard InChI is InChI=1S/C11H15ClO4S/c12-2-1-8(13)10(14)7-5-9(17-6-7)11-15-3-4-16-11/h5-6,8,10-11,13-14H,1-4H2. The molecule has 2 heterocycles. The van der Waals surface area contributed by atoms with Crippen LogP contribution in [-0.2, 0) is 9.47 Å². The molecule has 1 aromatic rings. The summed E-state index contributed by atoms with van der Waals surface area (Å²) in [6.45, 7) is 1.19. The van der Waals surface area contributed by atoms with Crippen LogP contribution in [0.2, 0.25) is 0 Å². The first-order valence-corrected chi connectivity index (χ1v) is 6.87. The van der Waals surface area contributed by atoms with Gasteiger partial charge in [-0.15, -0.1) is 22.9 Å². The van der Waals surface area contributed by atoms with Crippen molar-refractivity contribution in [3.63, 3.8) is 0 Å². The molecular formula is C11H15ClO4S. The highest BCUT2D eigenvalue weighted by molar-refractivity contribution is 7.10. The minimum atomic E-state index is -0.903. The van der Waals surface area contributed by atoms with Gasteiger partial charge in [-0.25, -0.2) is 0 Å². The Bertz CT molecular complexity index is 351. The van der Waals surface area contributed by atoms with Gasteiger partial charge in [0, 0.05) is 5.88 Å². The molecule has 0 amide bonds. The zero-order chi connectivity index (χ0) is 12.3. The highest BCUT2D eigenvalue weighted by atomic mass is 35.5. The first kappa shape index (κ1) is 13.3. The minimum Gasteiger partial charge on any atom is -0.390 e. The van der Waals surface area contributed by atoms with Crippen molar-refractivity contribution < 1.29 is 19.7 Å². The van der Waals surface area contributed by atoms with Crippen molar-refractivity contribution in [3.05, 3.63) is 21.9 Å². The maximum absolute atomic E-state index is 9.89.